The molecular formula is C21H19F3N2O4. The third-order valence-corrected chi connectivity index (χ3v) is 5.28. The lowest BCUT2D eigenvalue weighted by Crippen LogP contribution is -2.41. The molecule has 3 atom stereocenters. The molecule has 0 aromatic heterocycles. The summed E-state index contributed by atoms with van der Waals surface area (Å²) in [6.07, 6.45) is -5.80. The van der Waals surface area contributed by atoms with Crippen LogP contribution >= 0.6 is 0 Å². The molecule has 2 saturated heterocycles. The Morgan fingerprint density at radius 1 is 1.07 bits per heavy atom. The molecule has 0 radical (unpaired) electrons. The number of hydrogen-bond acceptors (Lipinski definition) is 5. The van der Waals surface area contributed by atoms with Crippen LogP contribution in [-0.4, -0.2) is 36.2 Å². The van der Waals surface area contributed by atoms with Crippen molar-refractivity contribution in [3.05, 3.63) is 65.7 Å². The number of carbonyl (C=O) groups excluding carboxylic acids is 2. The van der Waals surface area contributed by atoms with Gasteiger partial charge in [-0.1, -0.05) is 30.3 Å². The van der Waals surface area contributed by atoms with Gasteiger partial charge in [-0.25, -0.2) is 14.8 Å². The maximum Gasteiger partial charge on any atom is 0.416 e. The number of para-hydroxylation sites is 1. The second-order valence-corrected chi connectivity index (χ2v) is 7.17. The zero-order chi connectivity index (χ0) is 21.5. The number of hydrogen-bond donors (Lipinski definition) is 0. The SMILES string of the molecule is C[C@H]1ON(c2ccccc2)[C@@H](c2ccc(C(F)(F)F)cc2)[C@@H]1C(=O)N1CCOC1=O. The van der Waals surface area contributed by atoms with E-state index in [1.54, 1.807) is 31.2 Å². The van der Waals surface area contributed by atoms with Gasteiger partial charge in [0.2, 0.25) is 5.91 Å². The summed E-state index contributed by atoms with van der Waals surface area (Å²) in [4.78, 5) is 32.1. The van der Waals surface area contributed by atoms with Gasteiger partial charge in [0.05, 0.1) is 35.9 Å². The number of cyclic esters (lactones) is 1. The van der Waals surface area contributed by atoms with Gasteiger partial charge in [0, 0.05) is 0 Å². The molecule has 2 amide bonds. The van der Waals surface area contributed by atoms with Crippen LogP contribution in [-0.2, 0) is 20.5 Å². The summed E-state index contributed by atoms with van der Waals surface area (Å²) in [6, 6.07) is 12.9. The first kappa shape index (κ1) is 20.2. The molecule has 2 aliphatic heterocycles. The van der Waals surface area contributed by atoms with E-state index in [4.69, 9.17) is 9.57 Å². The van der Waals surface area contributed by atoms with Gasteiger partial charge < -0.3 is 4.74 Å². The van der Waals surface area contributed by atoms with Crippen molar-refractivity contribution in [2.24, 2.45) is 5.92 Å². The lowest BCUT2D eigenvalue weighted by Gasteiger charge is -2.28. The van der Waals surface area contributed by atoms with Gasteiger partial charge in [-0.2, -0.15) is 13.2 Å². The van der Waals surface area contributed by atoms with Crippen LogP contribution in [0, 0.1) is 5.92 Å². The van der Waals surface area contributed by atoms with E-state index < -0.39 is 41.8 Å². The van der Waals surface area contributed by atoms with Gasteiger partial charge in [-0.05, 0) is 36.8 Å². The molecule has 2 fully saturated rings. The summed E-state index contributed by atoms with van der Waals surface area (Å²) in [5, 5.41) is 1.53. The Morgan fingerprint density at radius 2 is 1.73 bits per heavy atom. The molecule has 9 heteroatoms. The minimum atomic E-state index is -4.47. The molecule has 4 rings (SSSR count). The minimum absolute atomic E-state index is 0.111. The number of anilines is 1. The Kier molecular flexibility index (Phi) is 5.15. The monoisotopic (exact) mass is 420 g/mol. The van der Waals surface area contributed by atoms with E-state index in [0.29, 0.717) is 11.3 Å². The Bertz CT molecular complexity index is 934. The van der Waals surface area contributed by atoms with Crippen LogP contribution in [0.25, 0.3) is 0 Å². The number of alkyl halides is 3. The van der Waals surface area contributed by atoms with Crippen molar-refractivity contribution < 1.29 is 32.3 Å². The van der Waals surface area contributed by atoms with Crippen LogP contribution in [0.2, 0.25) is 0 Å². The number of imide groups is 1. The van der Waals surface area contributed by atoms with Crippen molar-refractivity contribution in [1.29, 1.82) is 0 Å². The quantitative estimate of drug-likeness (QED) is 0.746. The largest absolute Gasteiger partial charge is 0.447 e. The molecule has 2 heterocycles. The highest BCUT2D eigenvalue weighted by Gasteiger charge is 2.50. The predicted molar refractivity (Wildman–Crippen MR) is 100 cm³/mol. The highest BCUT2D eigenvalue weighted by atomic mass is 19.4. The molecule has 0 unspecified atom stereocenters. The van der Waals surface area contributed by atoms with E-state index >= 15 is 0 Å². The summed E-state index contributed by atoms with van der Waals surface area (Å²) in [5.74, 6) is -1.29. The average Bonchev–Trinajstić information content (AvgIpc) is 3.30. The molecule has 30 heavy (non-hydrogen) atoms. The highest BCUT2D eigenvalue weighted by molar-refractivity contribution is 5.95. The van der Waals surface area contributed by atoms with Crippen LogP contribution in [0.3, 0.4) is 0 Å². The smallest absolute Gasteiger partial charge is 0.416 e. The lowest BCUT2D eigenvalue weighted by atomic mass is 9.88. The third kappa shape index (κ3) is 3.60. The molecule has 0 aliphatic carbocycles. The molecule has 0 N–H and O–H groups in total. The first-order valence-corrected chi connectivity index (χ1v) is 9.43. The van der Waals surface area contributed by atoms with E-state index in [0.717, 1.165) is 17.0 Å². The maximum absolute atomic E-state index is 13.2. The Hall–Kier alpha value is -3.07. The molecule has 0 saturated carbocycles. The van der Waals surface area contributed by atoms with Gasteiger partial charge in [0.1, 0.15) is 6.61 Å². The standard InChI is InChI=1S/C21H19F3N2O4/c1-13-17(19(27)25-11-12-29-20(25)28)18(26(30-13)16-5-3-2-4-6-16)14-7-9-15(10-8-14)21(22,23)24/h2-10,13,17-18H,11-12H2,1H3/t13-,17-,18+/m1/s1. The molecule has 0 bridgehead atoms. The number of amides is 2. The van der Waals surface area contributed by atoms with E-state index in [9.17, 15) is 22.8 Å². The molecule has 2 aromatic carbocycles. The molecule has 0 spiro atoms. The number of halogens is 3. The predicted octanol–water partition coefficient (Wildman–Crippen LogP) is 4.18. The lowest BCUT2D eigenvalue weighted by molar-refractivity contribution is -0.137. The number of hydroxylamine groups is 1. The fourth-order valence-corrected chi connectivity index (χ4v) is 3.83. The zero-order valence-corrected chi connectivity index (χ0v) is 16.0. The van der Waals surface area contributed by atoms with E-state index in [1.165, 1.54) is 17.2 Å². The molecule has 2 aliphatic rings. The summed E-state index contributed by atoms with van der Waals surface area (Å²) in [6.45, 7) is 1.94. The zero-order valence-electron chi connectivity index (χ0n) is 16.0. The van der Waals surface area contributed by atoms with Crippen molar-refractivity contribution in [3.63, 3.8) is 0 Å². The van der Waals surface area contributed by atoms with Crippen LogP contribution in [0.4, 0.5) is 23.7 Å². The summed E-state index contributed by atoms with van der Waals surface area (Å²) in [5.41, 5.74) is 0.339. The van der Waals surface area contributed by atoms with E-state index in [1.807, 2.05) is 6.07 Å². The number of ether oxygens (including phenoxy) is 1. The first-order valence-electron chi connectivity index (χ1n) is 9.43. The Balaban J connectivity index is 1.74. The van der Waals surface area contributed by atoms with Crippen molar-refractivity contribution in [1.82, 2.24) is 4.90 Å². The van der Waals surface area contributed by atoms with Crippen LogP contribution in [0.15, 0.2) is 54.6 Å². The normalized spacial score (nSPS) is 24.3. The van der Waals surface area contributed by atoms with Crippen LogP contribution < -0.4 is 5.06 Å². The second-order valence-electron chi connectivity index (χ2n) is 7.17. The molecule has 2 aromatic rings. The fraction of sp³-hybridized carbons (Fsp3) is 0.333. The van der Waals surface area contributed by atoms with Crippen molar-refractivity contribution >= 4 is 17.7 Å². The van der Waals surface area contributed by atoms with E-state index in [2.05, 4.69) is 0 Å². The van der Waals surface area contributed by atoms with Crippen molar-refractivity contribution in [2.45, 2.75) is 25.2 Å². The number of rotatable bonds is 3. The van der Waals surface area contributed by atoms with Gasteiger partial charge in [0.15, 0.2) is 0 Å². The Labute approximate surface area is 170 Å². The highest BCUT2D eigenvalue weighted by Crippen LogP contribution is 2.44. The van der Waals surface area contributed by atoms with E-state index in [-0.39, 0.29) is 13.2 Å². The summed E-state index contributed by atoms with van der Waals surface area (Å²) >= 11 is 0. The maximum atomic E-state index is 13.2. The van der Waals surface area contributed by atoms with Gasteiger partial charge in [-0.3, -0.25) is 9.63 Å². The van der Waals surface area contributed by atoms with Gasteiger partial charge in [-0.15, -0.1) is 0 Å². The number of carbonyl (C=O) groups is 2. The van der Waals surface area contributed by atoms with Crippen LogP contribution in [0.1, 0.15) is 24.1 Å². The Morgan fingerprint density at radius 3 is 2.30 bits per heavy atom. The minimum Gasteiger partial charge on any atom is -0.447 e. The van der Waals surface area contributed by atoms with Crippen LogP contribution in [0.5, 0.6) is 0 Å². The molecule has 6 nitrogen and oxygen atoms in total. The molecule has 158 valence electrons. The first-order chi connectivity index (χ1) is 14.3. The third-order valence-electron chi connectivity index (χ3n) is 5.28. The second kappa shape index (κ2) is 7.64. The molecular weight excluding hydrogens is 401 g/mol. The van der Waals surface area contributed by atoms with Crippen molar-refractivity contribution in [3.8, 4) is 0 Å². The number of benzene rings is 2. The van der Waals surface area contributed by atoms with Gasteiger partial charge in [0.25, 0.3) is 0 Å². The van der Waals surface area contributed by atoms with Crippen molar-refractivity contribution in [2.75, 3.05) is 18.2 Å². The fourth-order valence-electron chi connectivity index (χ4n) is 3.83. The number of nitrogens with zero attached hydrogens (tertiary/aromatic N) is 2. The topological polar surface area (TPSA) is 59.1 Å². The summed E-state index contributed by atoms with van der Waals surface area (Å²) in [7, 11) is 0. The summed E-state index contributed by atoms with van der Waals surface area (Å²) < 4.78 is 43.9. The van der Waals surface area contributed by atoms with Gasteiger partial charge >= 0.3 is 12.3 Å². The average molecular weight is 420 g/mol.